The maximum Gasteiger partial charge on any atom is 0.0486 e. The lowest BCUT2D eigenvalue weighted by atomic mass is 10.1. The molecule has 1 unspecified atom stereocenters. The molecular weight excluding hydrogens is 250 g/mol. The largest absolute Gasteiger partial charge is 0.378 e. The zero-order chi connectivity index (χ0) is 13.7. The van der Waals surface area contributed by atoms with Gasteiger partial charge < -0.3 is 5.32 Å². The van der Waals surface area contributed by atoms with Crippen LogP contribution in [0, 0.1) is 6.92 Å². The summed E-state index contributed by atoms with van der Waals surface area (Å²) in [5, 5.41) is 3.61. The van der Waals surface area contributed by atoms with Gasteiger partial charge in [-0.2, -0.15) is 0 Å². The van der Waals surface area contributed by atoms with E-state index in [0.717, 1.165) is 5.75 Å². The highest BCUT2D eigenvalue weighted by molar-refractivity contribution is 7.99. The minimum absolute atomic E-state index is 0.319. The third kappa shape index (κ3) is 3.77. The van der Waals surface area contributed by atoms with Gasteiger partial charge in [0.1, 0.15) is 0 Å². The Kier molecular flexibility index (Phi) is 4.92. The number of aryl methyl sites for hydroxylation is 1. The highest BCUT2D eigenvalue weighted by atomic mass is 32.2. The second-order valence-electron chi connectivity index (χ2n) is 4.71. The first-order chi connectivity index (χ1) is 9.20. The Morgan fingerprint density at radius 3 is 2.42 bits per heavy atom. The minimum Gasteiger partial charge on any atom is -0.378 e. The van der Waals surface area contributed by atoms with Crippen LogP contribution in [0.4, 0.5) is 5.69 Å². The Hall–Kier alpha value is -1.41. The van der Waals surface area contributed by atoms with Gasteiger partial charge in [-0.3, -0.25) is 0 Å². The van der Waals surface area contributed by atoms with Crippen molar-refractivity contribution in [3.63, 3.8) is 0 Å². The van der Waals surface area contributed by atoms with Gasteiger partial charge in [0, 0.05) is 16.6 Å². The molecular formula is C17H21NS. The number of nitrogens with one attached hydrogen (secondary N) is 1. The van der Waals surface area contributed by atoms with Gasteiger partial charge in [0.15, 0.2) is 0 Å². The van der Waals surface area contributed by atoms with Gasteiger partial charge in [0.05, 0.1) is 0 Å². The van der Waals surface area contributed by atoms with Gasteiger partial charge in [-0.25, -0.2) is 0 Å². The molecule has 100 valence electrons. The van der Waals surface area contributed by atoms with Crippen LogP contribution >= 0.6 is 11.8 Å². The molecule has 0 saturated carbocycles. The number of para-hydroxylation sites is 1. The molecule has 0 fully saturated rings. The molecule has 0 radical (unpaired) electrons. The maximum absolute atomic E-state index is 3.61. The summed E-state index contributed by atoms with van der Waals surface area (Å²) in [6.07, 6.45) is 0. The predicted octanol–water partition coefficient (Wildman–Crippen LogP) is 5.28. The van der Waals surface area contributed by atoms with Crippen LogP contribution in [0.2, 0.25) is 0 Å². The van der Waals surface area contributed by atoms with Crippen molar-refractivity contribution in [2.45, 2.75) is 31.7 Å². The standard InChI is InChI=1S/C17H21NS/c1-4-19-17-8-6-5-7-16(17)18-14(3)15-11-9-13(2)10-12-15/h5-12,14,18H,4H2,1-3H3. The van der Waals surface area contributed by atoms with Crippen molar-refractivity contribution in [2.75, 3.05) is 11.1 Å². The molecule has 2 aromatic rings. The highest BCUT2D eigenvalue weighted by Crippen LogP contribution is 2.29. The SMILES string of the molecule is CCSc1ccccc1NC(C)c1ccc(C)cc1. The van der Waals surface area contributed by atoms with E-state index >= 15 is 0 Å². The van der Waals surface area contributed by atoms with E-state index in [0.29, 0.717) is 6.04 Å². The zero-order valence-corrected chi connectivity index (χ0v) is 12.6. The summed E-state index contributed by atoms with van der Waals surface area (Å²) in [5.74, 6) is 1.09. The Balaban J connectivity index is 2.14. The number of rotatable bonds is 5. The van der Waals surface area contributed by atoms with E-state index in [-0.39, 0.29) is 0 Å². The fourth-order valence-electron chi connectivity index (χ4n) is 2.04. The van der Waals surface area contributed by atoms with E-state index in [2.05, 4.69) is 74.6 Å². The van der Waals surface area contributed by atoms with Crippen molar-refractivity contribution in [2.24, 2.45) is 0 Å². The van der Waals surface area contributed by atoms with Crippen LogP contribution in [0.15, 0.2) is 53.4 Å². The molecule has 0 saturated heterocycles. The molecule has 19 heavy (non-hydrogen) atoms. The van der Waals surface area contributed by atoms with Gasteiger partial charge in [-0.15, -0.1) is 11.8 Å². The first-order valence-electron chi connectivity index (χ1n) is 6.75. The van der Waals surface area contributed by atoms with Crippen LogP contribution in [0.3, 0.4) is 0 Å². The third-order valence-electron chi connectivity index (χ3n) is 3.14. The lowest BCUT2D eigenvalue weighted by Gasteiger charge is -2.18. The van der Waals surface area contributed by atoms with E-state index in [4.69, 9.17) is 0 Å². The molecule has 2 aromatic carbocycles. The molecule has 2 heteroatoms. The smallest absolute Gasteiger partial charge is 0.0486 e. The minimum atomic E-state index is 0.319. The van der Waals surface area contributed by atoms with Crippen molar-refractivity contribution < 1.29 is 0 Å². The molecule has 0 aromatic heterocycles. The van der Waals surface area contributed by atoms with Gasteiger partial charge in [-0.1, -0.05) is 48.9 Å². The quantitative estimate of drug-likeness (QED) is 0.742. The molecule has 0 aliphatic carbocycles. The molecule has 0 aliphatic heterocycles. The normalized spacial score (nSPS) is 12.2. The first kappa shape index (κ1) is 14.0. The molecule has 0 heterocycles. The number of benzene rings is 2. The first-order valence-corrected chi connectivity index (χ1v) is 7.74. The van der Waals surface area contributed by atoms with Crippen LogP contribution < -0.4 is 5.32 Å². The number of hydrogen-bond donors (Lipinski definition) is 1. The van der Waals surface area contributed by atoms with E-state index in [1.165, 1.54) is 21.7 Å². The Bertz CT molecular complexity index is 519. The molecule has 0 bridgehead atoms. The van der Waals surface area contributed by atoms with Crippen LogP contribution in [0.1, 0.15) is 31.0 Å². The summed E-state index contributed by atoms with van der Waals surface area (Å²) in [7, 11) is 0. The molecule has 1 nitrogen and oxygen atoms in total. The Morgan fingerprint density at radius 1 is 1.05 bits per heavy atom. The molecule has 0 amide bonds. The summed E-state index contributed by atoms with van der Waals surface area (Å²) in [4.78, 5) is 1.32. The van der Waals surface area contributed by atoms with E-state index < -0.39 is 0 Å². The van der Waals surface area contributed by atoms with Crippen molar-refractivity contribution in [1.29, 1.82) is 0 Å². The maximum atomic E-state index is 3.61. The molecule has 1 N–H and O–H groups in total. The number of thioether (sulfide) groups is 1. The van der Waals surface area contributed by atoms with Crippen molar-refractivity contribution in [1.82, 2.24) is 0 Å². The zero-order valence-electron chi connectivity index (χ0n) is 11.8. The van der Waals surface area contributed by atoms with Crippen LogP contribution in [-0.2, 0) is 0 Å². The van der Waals surface area contributed by atoms with E-state index in [1.54, 1.807) is 0 Å². The van der Waals surface area contributed by atoms with Crippen molar-refractivity contribution in [3.05, 3.63) is 59.7 Å². The monoisotopic (exact) mass is 271 g/mol. The lowest BCUT2D eigenvalue weighted by molar-refractivity contribution is 0.879. The lowest BCUT2D eigenvalue weighted by Crippen LogP contribution is -2.07. The van der Waals surface area contributed by atoms with Gasteiger partial charge in [0.2, 0.25) is 0 Å². The Morgan fingerprint density at radius 2 is 1.74 bits per heavy atom. The highest BCUT2D eigenvalue weighted by Gasteiger charge is 2.07. The van der Waals surface area contributed by atoms with E-state index in [1.807, 2.05) is 11.8 Å². The number of hydrogen-bond acceptors (Lipinski definition) is 2. The fourth-order valence-corrected chi connectivity index (χ4v) is 2.81. The van der Waals surface area contributed by atoms with Crippen molar-refractivity contribution in [3.8, 4) is 0 Å². The average molecular weight is 271 g/mol. The number of anilines is 1. The summed E-state index contributed by atoms with van der Waals surface area (Å²) in [6.45, 7) is 6.51. The molecule has 1 atom stereocenters. The summed E-state index contributed by atoms with van der Waals surface area (Å²) >= 11 is 1.88. The Labute approximate surface area is 120 Å². The van der Waals surface area contributed by atoms with Crippen LogP contribution in [0.25, 0.3) is 0 Å². The topological polar surface area (TPSA) is 12.0 Å². The fraction of sp³-hybridized carbons (Fsp3) is 0.294. The summed E-state index contributed by atoms with van der Waals surface area (Å²) in [5.41, 5.74) is 3.85. The van der Waals surface area contributed by atoms with Gasteiger partial charge >= 0.3 is 0 Å². The van der Waals surface area contributed by atoms with Gasteiger partial charge in [-0.05, 0) is 37.3 Å². The van der Waals surface area contributed by atoms with Crippen LogP contribution in [-0.4, -0.2) is 5.75 Å². The van der Waals surface area contributed by atoms with E-state index in [9.17, 15) is 0 Å². The second-order valence-corrected chi connectivity index (χ2v) is 6.01. The second kappa shape index (κ2) is 6.67. The molecule has 0 spiro atoms. The average Bonchev–Trinajstić information content (AvgIpc) is 2.42. The van der Waals surface area contributed by atoms with Crippen LogP contribution in [0.5, 0.6) is 0 Å². The van der Waals surface area contributed by atoms with Gasteiger partial charge in [0.25, 0.3) is 0 Å². The molecule has 0 aliphatic rings. The third-order valence-corrected chi connectivity index (χ3v) is 4.09. The predicted molar refractivity (Wildman–Crippen MR) is 86.1 cm³/mol. The van der Waals surface area contributed by atoms with Crippen molar-refractivity contribution >= 4 is 17.4 Å². The summed E-state index contributed by atoms with van der Waals surface area (Å²) in [6, 6.07) is 17.6. The molecule has 2 rings (SSSR count). The summed E-state index contributed by atoms with van der Waals surface area (Å²) < 4.78 is 0.